The second-order valence-corrected chi connectivity index (χ2v) is 39.2. The molecule has 7 atom stereocenters. The second kappa shape index (κ2) is 39.3. The van der Waals surface area contributed by atoms with Crippen LogP contribution in [0.4, 0.5) is 74.7 Å². The number of nitrogen functional groups attached to an aromatic ring is 3. The molecule has 133 heavy (non-hydrogen) atoms. The van der Waals surface area contributed by atoms with Crippen LogP contribution < -0.4 is 49.1 Å². The van der Waals surface area contributed by atoms with E-state index in [1.54, 1.807) is 138 Å². The van der Waals surface area contributed by atoms with Crippen molar-refractivity contribution in [1.29, 1.82) is 0 Å². The van der Waals surface area contributed by atoms with Crippen LogP contribution in [0.3, 0.4) is 0 Å². The van der Waals surface area contributed by atoms with Gasteiger partial charge in [0.15, 0.2) is 9.84 Å². The van der Waals surface area contributed by atoms with E-state index in [1.807, 2.05) is 102 Å². The minimum Gasteiger partial charge on any atom is -0.449 e. The van der Waals surface area contributed by atoms with E-state index in [-0.39, 0.29) is 108 Å². The number of hydrogen-bond acceptors (Lipinski definition) is 23. The Kier molecular flexibility index (Phi) is 27.9. The van der Waals surface area contributed by atoms with Crippen LogP contribution in [0.5, 0.6) is 0 Å². The van der Waals surface area contributed by atoms with Gasteiger partial charge in [-0.25, -0.2) is 46.5 Å². The van der Waals surface area contributed by atoms with Crippen molar-refractivity contribution in [2.45, 2.75) is 139 Å². The molecule has 0 spiro atoms. The Hall–Kier alpha value is -14.5. The van der Waals surface area contributed by atoms with Gasteiger partial charge in [-0.15, -0.1) is 0 Å². The van der Waals surface area contributed by atoms with Crippen molar-refractivity contribution in [3.8, 4) is 0 Å². The van der Waals surface area contributed by atoms with Gasteiger partial charge in [-0.2, -0.15) is 0 Å². The fourth-order valence-electron chi connectivity index (χ4n) is 16.9. The number of sulfone groups is 1. The lowest BCUT2D eigenvalue weighted by molar-refractivity contribution is -0.132. The Balaban J connectivity index is 0.000000160. The number of likely N-dealkylation sites (N-methyl/N-ethyl adjacent to an activating group) is 3. The fraction of sp³-hybridized carbons (Fsp3) is 0.283. The number of aliphatic hydroxyl groups is 1. The first-order chi connectivity index (χ1) is 63.2. The number of halogens is 2. The molecule has 1 fully saturated rings. The average Bonchev–Trinajstić information content (AvgIpc) is 1.64. The van der Waals surface area contributed by atoms with E-state index in [0.717, 1.165) is 73.4 Å². The van der Waals surface area contributed by atoms with E-state index in [4.69, 9.17) is 31.4 Å². The number of ether oxygens (including phenoxy) is 3. The maximum absolute atomic E-state index is 14.7. The smallest absolute Gasteiger partial charge is 0.413 e. The summed E-state index contributed by atoms with van der Waals surface area (Å²) in [5.41, 5.74) is 31.0. The highest BCUT2D eigenvalue weighted by Gasteiger charge is 2.40. The number of aliphatic hydroxyl groups excluding tert-OH is 1. The number of aromatic nitrogens is 3. The number of rotatable bonds is 11. The predicted molar refractivity (Wildman–Crippen MR) is 513 cm³/mol. The molecule has 34 heteroatoms. The van der Waals surface area contributed by atoms with Gasteiger partial charge < -0.3 is 72.1 Å². The van der Waals surface area contributed by atoms with Gasteiger partial charge in [0.2, 0.25) is 24.0 Å². The number of pyridine rings is 3. The molecule has 0 radical (unpaired) electrons. The first kappa shape index (κ1) is 94.6. The molecule has 9 heterocycles. The van der Waals surface area contributed by atoms with E-state index >= 15 is 0 Å². The Bertz CT molecular complexity index is 6860. The molecule has 7 aliphatic rings. The third kappa shape index (κ3) is 21.3. The topological polar surface area (TPSA) is 420 Å². The molecule has 692 valence electrons. The largest absolute Gasteiger partial charge is 0.449 e. The fourth-order valence-corrected chi connectivity index (χ4v) is 20.0. The minimum absolute atomic E-state index is 0.000536. The summed E-state index contributed by atoms with van der Waals surface area (Å²) in [7, 11) is 1.94. The Morgan fingerprint density at radius 3 is 1.41 bits per heavy atom. The summed E-state index contributed by atoms with van der Waals surface area (Å²) in [5.74, 6) is 2.73. The highest BCUT2D eigenvalue weighted by molar-refractivity contribution is 8.00. The molecule has 2 unspecified atom stereocenters. The van der Waals surface area contributed by atoms with E-state index in [1.165, 1.54) is 32.9 Å². The normalized spacial score (nSPS) is 18.5. The zero-order valence-corrected chi connectivity index (χ0v) is 77.3. The third-order valence-electron chi connectivity index (χ3n) is 24.2. The highest BCUT2D eigenvalue weighted by atomic mass is 32.2. The molecule has 1 aliphatic carbocycles. The first-order valence-electron chi connectivity index (χ1n) is 43.1. The molecule has 0 saturated heterocycles. The SMILES string of the molecule is C=S(=O)(CC)c1ccc2cc1CN(C)C(=O)[C@H](Nc1ccc3c(N)ncc(F)c3c1)c1ccc(c(C)c1)[C@@H](C)COC(=O)N2.Cc1cc2cc(C)c1CC(O)OC(=O)Nc1ccc(S(=O)(=O)C3CC3)c(c1)CN(C)C(=O)[C@@H]2Nc1ccc2c(N)ncc(F)c2c1.Cc1cc2ccc1[C@@H](C)COC(=O)Nc1ccc(C(=O)N(C)C)c(c1)CN(C)C(=O)[C@@H]2Nc1ccc2c(N)nccc2c1. The number of aryl methyl sites for hydroxylation is 4. The number of nitrogens with one attached hydrogen (secondary N) is 6. The quantitative estimate of drug-likeness (QED) is 0.0425. The standard InChI is InChI=1S/C33H34FN5O6S.C33H36FN5O4S.C33H36N6O4/c1-17-10-19-11-18(2)25(17)14-29(40)45-33(42)38-21-5-9-28(46(43,44)23-6-7-23)20(12-21)16-39(3)32(41)30(19)37-22-4-8-24-26(13-22)27(34)15-36-31(24)35;1-6-44(5,42)29-12-9-23-14-22(29)17-39(4)32(40)30(37-24-8-11-26-27(15-24)28(34)16-36-31(26)35)21-7-10-25(19(2)13-21)20(3)18-43-33(41)38-23;1-19-14-22-6-9-26(19)20(2)18-43-33(42)37-25-8-11-28(31(40)38(3)4)23(16-25)17-39(5)32(41)29(22)36-24-7-10-27-21(15-24)12-13-35-30(27)34/h4-5,8-13,15,23,29-30,37,40H,6-7,14,16H2,1-3H3,(H2,35,36)(H,38,42);7-16,20,30,37H,5-6,17-18H2,1-4H3,(H2,35,36)(H,38,41);6-16,20,29,36H,17-18H2,1-5H3,(H2,34,35)(H,37,42)/t29?,30-;20-,30+,44?;20-,29+/m100/s1. The van der Waals surface area contributed by atoms with E-state index in [9.17, 15) is 60.1 Å². The van der Waals surface area contributed by atoms with Crippen molar-refractivity contribution in [2.75, 3.05) is 103 Å². The molecule has 13 N–H and O–H groups in total. The molecule has 30 nitrogen and oxygen atoms in total. The van der Waals surface area contributed by atoms with Crippen LogP contribution in [0.2, 0.25) is 0 Å². The molecule has 9 aromatic carbocycles. The van der Waals surface area contributed by atoms with Gasteiger partial charge in [-0.1, -0.05) is 69.3 Å². The lowest BCUT2D eigenvalue weighted by Crippen LogP contribution is -2.36. The third-order valence-corrected chi connectivity index (χ3v) is 28.7. The zero-order chi connectivity index (χ0) is 95.5. The number of hydrogen-bond donors (Lipinski definition) is 10. The number of anilines is 9. The summed E-state index contributed by atoms with van der Waals surface area (Å²) >= 11 is 0. The van der Waals surface area contributed by atoms with Crippen LogP contribution in [0.1, 0.15) is 146 Å². The number of carbonyl (C=O) groups is 7. The van der Waals surface area contributed by atoms with Crippen LogP contribution in [0.25, 0.3) is 32.3 Å². The zero-order valence-electron chi connectivity index (χ0n) is 75.6. The highest BCUT2D eigenvalue weighted by Crippen LogP contribution is 2.40. The Morgan fingerprint density at radius 2 is 0.940 bits per heavy atom. The van der Waals surface area contributed by atoms with Gasteiger partial charge in [0.05, 0.1) is 35.8 Å². The number of nitrogens with zero attached hydrogens (tertiary/aromatic N) is 7. The number of benzene rings is 9. The number of amides is 7. The molecule has 7 amide bonds. The number of carbonyl (C=O) groups excluding carboxylic acids is 7. The summed E-state index contributed by atoms with van der Waals surface area (Å²) in [6, 6.07) is 44.6. The lowest BCUT2D eigenvalue weighted by atomic mass is 9.92. The van der Waals surface area contributed by atoms with Crippen LogP contribution in [0, 0.1) is 39.3 Å². The molecule has 3 aromatic heterocycles. The monoisotopic (exact) mass is 1840 g/mol. The van der Waals surface area contributed by atoms with Gasteiger partial charge in [0, 0.05) is 157 Å². The van der Waals surface area contributed by atoms with E-state index < -0.39 is 78.9 Å². The molecule has 19 rings (SSSR count). The van der Waals surface area contributed by atoms with Crippen molar-refractivity contribution in [1.82, 2.24) is 34.6 Å². The molecule has 12 bridgehead atoms. The van der Waals surface area contributed by atoms with Crippen LogP contribution in [-0.4, -0.2) is 166 Å². The summed E-state index contributed by atoms with van der Waals surface area (Å²) < 4.78 is 85.9. The van der Waals surface area contributed by atoms with Gasteiger partial charge in [0.25, 0.3) is 5.91 Å². The Morgan fingerprint density at radius 1 is 0.519 bits per heavy atom. The molecular weight excluding hydrogens is 1740 g/mol. The van der Waals surface area contributed by atoms with Crippen LogP contribution >= 0.6 is 0 Å². The summed E-state index contributed by atoms with van der Waals surface area (Å²) in [6.45, 7) is 13.8. The van der Waals surface area contributed by atoms with Crippen molar-refractivity contribution in [2.24, 2.45) is 0 Å². The summed E-state index contributed by atoms with van der Waals surface area (Å²) in [6.07, 6.45) is 1.29. The average molecular weight is 1850 g/mol. The van der Waals surface area contributed by atoms with Crippen LogP contribution in [-0.2, 0) is 74.0 Å². The van der Waals surface area contributed by atoms with Gasteiger partial charge in [-0.3, -0.25) is 39.3 Å². The summed E-state index contributed by atoms with van der Waals surface area (Å²) in [5, 5.41) is 31.4. The number of fused-ring (bicyclic) bond motifs is 30. The van der Waals surface area contributed by atoms with Crippen LogP contribution in [0.15, 0.2) is 192 Å². The second-order valence-electron chi connectivity index (χ2n) is 34.3. The number of nitrogens with two attached hydrogens (primary N) is 3. The van der Waals surface area contributed by atoms with Gasteiger partial charge in [-0.05, 0) is 249 Å². The van der Waals surface area contributed by atoms with E-state index in [0.29, 0.717) is 96.2 Å². The molecule has 1 saturated carbocycles. The van der Waals surface area contributed by atoms with Crippen molar-refractivity contribution in [3.63, 3.8) is 0 Å². The molecular formula is C99H106F2N16O14S2. The Labute approximate surface area is 769 Å². The maximum Gasteiger partial charge on any atom is 0.413 e. The van der Waals surface area contributed by atoms with Crippen molar-refractivity contribution >= 4 is 151 Å². The van der Waals surface area contributed by atoms with Gasteiger partial charge >= 0.3 is 18.3 Å². The van der Waals surface area contributed by atoms with Gasteiger partial charge in [0.1, 0.15) is 47.2 Å². The van der Waals surface area contributed by atoms with Crippen molar-refractivity contribution < 1.29 is 74.3 Å². The predicted octanol–water partition coefficient (Wildman–Crippen LogP) is 15.9. The lowest BCUT2D eigenvalue weighted by Gasteiger charge is -2.28. The maximum atomic E-state index is 14.7. The molecule has 12 aromatic rings. The summed E-state index contributed by atoms with van der Waals surface area (Å²) in [4.78, 5) is 112. The molecule has 6 aliphatic heterocycles. The van der Waals surface area contributed by atoms with Crippen molar-refractivity contribution in [3.05, 3.63) is 272 Å². The minimum atomic E-state index is -3.67. The van der Waals surface area contributed by atoms with E-state index in [2.05, 4.69) is 52.7 Å². The first-order valence-corrected chi connectivity index (χ1v) is 46.5.